The van der Waals surface area contributed by atoms with Crippen LogP contribution in [0.25, 0.3) is 0 Å². The zero-order chi connectivity index (χ0) is 63.6. The fourth-order valence-corrected chi connectivity index (χ4v) is 11.6. The Morgan fingerprint density at radius 2 is 0.535 bits per heavy atom. The van der Waals surface area contributed by atoms with Crippen molar-refractivity contribution in [3.8, 4) is 0 Å². The number of phosphoric acid groups is 2. The molecule has 0 saturated heterocycles. The monoisotopic (exact) mass is 1270 g/mol. The van der Waals surface area contributed by atoms with Crippen molar-refractivity contribution in [3.05, 3.63) is 0 Å². The molecule has 0 aliphatic carbocycles. The van der Waals surface area contributed by atoms with Gasteiger partial charge >= 0.3 is 39.5 Å². The van der Waals surface area contributed by atoms with Crippen molar-refractivity contribution in [3.63, 3.8) is 0 Å². The Morgan fingerprint density at radius 1 is 0.314 bits per heavy atom. The number of hydrogen-bond donors (Lipinski definition) is 3. The second-order valence-electron chi connectivity index (χ2n) is 25.2. The summed E-state index contributed by atoms with van der Waals surface area (Å²) in [6.07, 6.45) is 43.1. The van der Waals surface area contributed by atoms with Crippen molar-refractivity contribution in [2.75, 3.05) is 39.6 Å². The third kappa shape index (κ3) is 60.9. The number of aliphatic hydroxyl groups excluding tert-OH is 1. The largest absolute Gasteiger partial charge is 0.472 e. The first-order chi connectivity index (χ1) is 41.4. The molecule has 2 unspecified atom stereocenters. The lowest BCUT2D eigenvalue weighted by molar-refractivity contribution is -0.161. The second kappa shape index (κ2) is 59.4. The average Bonchev–Trinajstić information content (AvgIpc) is 3.50. The number of rotatable bonds is 66. The molecule has 0 aromatic rings. The molecule has 17 nitrogen and oxygen atoms in total. The van der Waals surface area contributed by atoms with Crippen molar-refractivity contribution >= 4 is 39.5 Å². The number of phosphoric ester groups is 2. The molecule has 0 aromatic heterocycles. The number of ether oxygens (including phenoxy) is 4. The first-order valence-corrected chi connectivity index (χ1v) is 38.0. The maximum absolute atomic E-state index is 13.0. The number of aliphatic hydroxyl groups is 1. The minimum absolute atomic E-state index is 0.103. The van der Waals surface area contributed by atoms with Crippen molar-refractivity contribution < 1.29 is 80.2 Å². The van der Waals surface area contributed by atoms with Gasteiger partial charge in [-0.3, -0.25) is 37.3 Å². The highest BCUT2D eigenvalue weighted by atomic mass is 31.2. The molecular formula is C67H130O17P2. The molecule has 510 valence electrons. The molecule has 0 aliphatic rings. The van der Waals surface area contributed by atoms with Crippen molar-refractivity contribution in [1.82, 2.24) is 0 Å². The summed E-state index contributed by atoms with van der Waals surface area (Å²) in [5.41, 5.74) is 0. The minimum Gasteiger partial charge on any atom is -0.462 e. The highest BCUT2D eigenvalue weighted by Crippen LogP contribution is 2.45. The SMILES string of the molecule is CCCCCCCCCCCCCCC(=O)OC[C@H](COP(=O)(O)OC[C@@H](O)COP(=O)(O)OC[C@@H](COC(=O)CCCCCCCCCC)OC(=O)CCCCCCCCCC(C)C)OC(=O)CCCCCCCCCCCCCCCC(C)C. The van der Waals surface area contributed by atoms with Gasteiger partial charge < -0.3 is 33.8 Å². The average molecular weight is 1270 g/mol. The molecule has 0 amide bonds. The molecule has 0 fully saturated rings. The highest BCUT2D eigenvalue weighted by molar-refractivity contribution is 7.47. The number of unbranched alkanes of at least 4 members (excludes halogenated alkanes) is 36. The van der Waals surface area contributed by atoms with Crippen LogP contribution in [0.4, 0.5) is 0 Å². The van der Waals surface area contributed by atoms with E-state index in [-0.39, 0.29) is 25.7 Å². The van der Waals surface area contributed by atoms with Gasteiger partial charge in [-0.05, 0) is 37.5 Å². The van der Waals surface area contributed by atoms with E-state index in [1.165, 1.54) is 148 Å². The Bertz CT molecular complexity index is 1680. The van der Waals surface area contributed by atoms with Gasteiger partial charge in [0.1, 0.15) is 19.3 Å². The Morgan fingerprint density at radius 3 is 0.791 bits per heavy atom. The number of esters is 4. The molecule has 0 bridgehead atoms. The van der Waals surface area contributed by atoms with Gasteiger partial charge in [-0.15, -0.1) is 0 Å². The number of hydrogen-bond acceptors (Lipinski definition) is 15. The van der Waals surface area contributed by atoms with Crippen molar-refractivity contribution in [2.24, 2.45) is 11.8 Å². The predicted octanol–water partition coefficient (Wildman–Crippen LogP) is 18.8. The van der Waals surface area contributed by atoms with Crippen LogP contribution in [0.5, 0.6) is 0 Å². The van der Waals surface area contributed by atoms with Crippen LogP contribution in [-0.4, -0.2) is 96.7 Å². The first kappa shape index (κ1) is 84.1. The van der Waals surface area contributed by atoms with Gasteiger partial charge in [0.15, 0.2) is 12.2 Å². The van der Waals surface area contributed by atoms with Gasteiger partial charge in [-0.1, -0.05) is 286 Å². The Hall–Kier alpha value is -1.94. The summed E-state index contributed by atoms with van der Waals surface area (Å²) in [4.78, 5) is 72.3. The van der Waals surface area contributed by atoms with E-state index >= 15 is 0 Å². The molecule has 0 spiro atoms. The zero-order valence-electron chi connectivity index (χ0n) is 55.6. The zero-order valence-corrected chi connectivity index (χ0v) is 57.4. The molecule has 3 N–H and O–H groups in total. The van der Waals surface area contributed by atoms with Crippen molar-refractivity contribution in [2.45, 2.75) is 355 Å². The molecule has 0 aromatic carbocycles. The van der Waals surface area contributed by atoms with E-state index < -0.39 is 97.5 Å². The van der Waals surface area contributed by atoms with E-state index in [0.717, 1.165) is 102 Å². The molecule has 0 rings (SSSR count). The highest BCUT2D eigenvalue weighted by Gasteiger charge is 2.30. The van der Waals surface area contributed by atoms with Crippen LogP contribution in [0.1, 0.15) is 337 Å². The molecule has 19 heteroatoms. The summed E-state index contributed by atoms with van der Waals surface area (Å²) in [6.45, 7) is 9.45. The van der Waals surface area contributed by atoms with E-state index in [2.05, 4.69) is 41.5 Å². The van der Waals surface area contributed by atoms with E-state index in [0.29, 0.717) is 31.6 Å². The fourth-order valence-electron chi connectivity index (χ4n) is 10.1. The van der Waals surface area contributed by atoms with E-state index in [9.17, 15) is 43.2 Å². The summed E-state index contributed by atoms with van der Waals surface area (Å²) in [5.74, 6) is -0.649. The maximum Gasteiger partial charge on any atom is 0.472 e. The van der Waals surface area contributed by atoms with Gasteiger partial charge in [0, 0.05) is 25.7 Å². The molecule has 0 saturated carbocycles. The maximum atomic E-state index is 13.0. The molecule has 0 radical (unpaired) electrons. The van der Waals surface area contributed by atoms with E-state index in [1.54, 1.807) is 0 Å². The Labute approximate surface area is 524 Å². The normalized spacial score (nSPS) is 14.2. The number of carbonyl (C=O) groups excluding carboxylic acids is 4. The van der Waals surface area contributed by atoms with Crippen LogP contribution in [0.3, 0.4) is 0 Å². The summed E-state index contributed by atoms with van der Waals surface area (Å²) in [7, 11) is -9.89. The van der Waals surface area contributed by atoms with E-state index in [4.69, 9.17) is 37.0 Å². The van der Waals surface area contributed by atoms with Gasteiger partial charge in [0.25, 0.3) is 0 Å². The first-order valence-electron chi connectivity index (χ1n) is 35.0. The summed E-state index contributed by atoms with van der Waals surface area (Å²) < 4.78 is 68.1. The third-order valence-electron chi connectivity index (χ3n) is 15.5. The van der Waals surface area contributed by atoms with Gasteiger partial charge in [-0.2, -0.15) is 0 Å². The molecule has 86 heavy (non-hydrogen) atoms. The van der Waals surface area contributed by atoms with Crippen LogP contribution in [0, 0.1) is 11.8 Å². The predicted molar refractivity (Wildman–Crippen MR) is 345 cm³/mol. The molecule has 0 heterocycles. The summed E-state index contributed by atoms with van der Waals surface area (Å²) in [5, 5.41) is 10.5. The van der Waals surface area contributed by atoms with Crippen molar-refractivity contribution in [1.29, 1.82) is 0 Å². The smallest absolute Gasteiger partial charge is 0.462 e. The molecular weight excluding hydrogens is 1140 g/mol. The second-order valence-corrected chi connectivity index (χ2v) is 28.1. The number of carbonyl (C=O) groups is 4. The lowest BCUT2D eigenvalue weighted by atomic mass is 10.0. The van der Waals surface area contributed by atoms with Crippen LogP contribution < -0.4 is 0 Å². The Kier molecular flexibility index (Phi) is 58.0. The standard InChI is InChI=1S/C67H130O17P2/c1-7-9-11-13-15-17-18-23-26-32-38-44-50-65(70)78-56-62(83-66(71)51-45-39-33-27-24-21-19-20-22-25-29-35-41-47-59(3)4)57-81-85(73,74)79-53-61(68)54-80-86(75,76)82-58-63(55-77-64(69)49-43-37-31-16-14-12-10-8-2)84-67(72)52-46-40-34-28-30-36-42-48-60(5)6/h59-63,68H,7-58H2,1-6H3,(H,73,74)(H,75,76)/t61-,62-,63-/m1/s1. The van der Waals surface area contributed by atoms with Gasteiger partial charge in [0.2, 0.25) is 0 Å². The van der Waals surface area contributed by atoms with E-state index in [1.807, 2.05) is 0 Å². The van der Waals surface area contributed by atoms with Gasteiger partial charge in [0.05, 0.1) is 26.4 Å². The fraction of sp³-hybridized carbons (Fsp3) is 0.940. The van der Waals surface area contributed by atoms with Crippen LogP contribution in [0.2, 0.25) is 0 Å². The third-order valence-corrected chi connectivity index (χ3v) is 17.4. The van der Waals surface area contributed by atoms with Crippen LogP contribution >= 0.6 is 15.6 Å². The van der Waals surface area contributed by atoms with Crippen LogP contribution in [0.15, 0.2) is 0 Å². The Balaban J connectivity index is 5.22. The topological polar surface area (TPSA) is 237 Å². The summed E-state index contributed by atoms with van der Waals surface area (Å²) >= 11 is 0. The molecule has 5 atom stereocenters. The van der Waals surface area contributed by atoms with Crippen LogP contribution in [-0.2, 0) is 65.4 Å². The van der Waals surface area contributed by atoms with Gasteiger partial charge in [-0.25, -0.2) is 9.13 Å². The molecule has 0 aliphatic heterocycles. The minimum atomic E-state index is -4.95. The lowest BCUT2D eigenvalue weighted by Gasteiger charge is -2.21. The summed E-state index contributed by atoms with van der Waals surface area (Å²) in [6, 6.07) is 0. The quantitative estimate of drug-likeness (QED) is 0.0222. The lowest BCUT2D eigenvalue weighted by Crippen LogP contribution is -2.30.